The van der Waals surface area contributed by atoms with Crippen LogP contribution in [0.1, 0.15) is 198 Å². The van der Waals surface area contributed by atoms with E-state index in [9.17, 15) is 13.7 Å². The van der Waals surface area contributed by atoms with E-state index in [1.165, 1.54) is 0 Å². The monoisotopic (exact) mass is 819 g/mol. The summed E-state index contributed by atoms with van der Waals surface area (Å²) in [5.41, 5.74) is 0. The molecule has 0 aliphatic rings. The fraction of sp³-hybridized carbons (Fsp3) is 1.00. The SMILES string of the molecule is CCCCC(CC)COP(=O)(OCC(CC)CCCC)OP(=O)(OCC(CC)CCCC)OP(=O)(OCC(CC)CCCC)OCC(CC)CCCC. The van der Waals surface area contributed by atoms with Crippen molar-refractivity contribution in [1.82, 2.24) is 0 Å². The van der Waals surface area contributed by atoms with Gasteiger partial charge in [0.2, 0.25) is 0 Å². The zero-order chi connectivity index (χ0) is 40.0. The highest BCUT2D eigenvalue weighted by Crippen LogP contribution is 2.73. The molecule has 0 aromatic rings. The van der Waals surface area contributed by atoms with Crippen molar-refractivity contribution < 1.29 is 44.9 Å². The zero-order valence-electron chi connectivity index (χ0n) is 36.0. The van der Waals surface area contributed by atoms with Crippen LogP contribution in [0.3, 0.4) is 0 Å². The molecule has 5 atom stereocenters. The van der Waals surface area contributed by atoms with Crippen molar-refractivity contribution in [1.29, 1.82) is 0 Å². The van der Waals surface area contributed by atoms with E-state index >= 15 is 0 Å². The standard InChI is InChI=1S/C40H85O10P3/c1-11-21-26-36(16-6)31-44-51(41,45-32-37(17-7)27-22-12-2)49-53(43,48-35-40(20-10)30-25-15-5)50-52(42,46-33-38(18-8)28-23-13-3)47-34-39(19-9)29-24-14-4/h36-40H,11-35H2,1-10H3. The Kier molecular flexibility index (Phi) is 32.6. The lowest BCUT2D eigenvalue weighted by molar-refractivity contribution is 0.0783. The second kappa shape index (κ2) is 32.4. The quantitative estimate of drug-likeness (QED) is 0.0555. The van der Waals surface area contributed by atoms with E-state index in [0.29, 0.717) is 0 Å². The molecule has 13 heteroatoms. The fourth-order valence-corrected chi connectivity index (χ4v) is 11.5. The van der Waals surface area contributed by atoms with E-state index in [4.69, 9.17) is 31.2 Å². The third kappa shape index (κ3) is 25.4. The molecule has 0 aliphatic carbocycles. The van der Waals surface area contributed by atoms with Crippen molar-refractivity contribution in [2.45, 2.75) is 198 Å². The molecule has 10 nitrogen and oxygen atoms in total. The van der Waals surface area contributed by atoms with E-state index in [2.05, 4.69) is 62.3 Å². The molecule has 0 saturated carbocycles. The third-order valence-corrected chi connectivity index (χ3v) is 16.0. The number of phosphoric ester groups is 2. The van der Waals surface area contributed by atoms with Gasteiger partial charge < -0.3 is 0 Å². The molecule has 320 valence electrons. The van der Waals surface area contributed by atoms with Gasteiger partial charge in [0, 0.05) is 0 Å². The molecular weight excluding hydrogens is 733 g/mol. The highest BCUT2D eigenvalue weighted by molar-refractivity contribution is 7.67. The fourth-order valence-electron chi connectivity index (χ4n) is 5.95. The maximum Gasteiger partial charge on any atom is 0.492 e. The van der Waals surface area contributed by atoms with Gasteiger partial charge in [0.05, 0.1) is 33.0 Å². The first-order valence-electron chi connectivity index (χ1n) is 21.8. The van der Waals surface area contributed by atoms with E-state index in [1.807, 2.05) is 6.92 Å². The molecule has 0 fully saturated rings. The van der Waals surface area contributed by atoms with Gasteiger partial charge in [-0.1, -0.05) is 166 Å². The summed E-state index contributed by atoms with van der Waals surface area (Å²) in [4.78, 5) is 0. The Hall–Kier alpha value is 0.410. The van der Waals surface area contributed by atoms with Gasteiger partial charge >= 0.3 is 23.5 Å². The van der Waals surface area contributed by atoms with Crippen molar-refractivity contribution in [3.8, 4) is 0 Å². The molecule has 53 heavy (non-hydrogen) atoms. The molecule has 0 heterocycles. The molecule has 0 rings (SSSR count). The lowest BCUT2D eigenvalue weighted by Crippen LogP contribution is -2.16. The summed E-state index contributed by atoms with van der Waals surface area (Å²) in [5.74, 6) is 0.403. The smallest absolute Gasteiger partial charge is 0.286 e. The highest BCUT2D eigenvalue weighted by Gasteiger charge is 2.48. The predicted molar refractivity (Wildman–Crippen MR) is 221 cm³/mol. The molecule has 0 saturated heterocycles. The number of hydrogen-bond acceptors (Lipinski definition) is 10. The molecule has 0 amide bonds. The van der Waals surface area contributed by atoms with Crippen LogP contribution in [-0.2, 0) is 44.9 Å². The van der Waals surface area contributed by atoms with Crippen molar-refractivity contribution in [3.63, 3.8) is 0 Å². The maximum absolute atomic E-state index is 15.0. The molecule has 0 aromatic carbocycles. The minimum Gasteiger partial charge on any atom is -0.286 e. The Morgan fingerprint density at radius 2 is 0.509 bits per heavy atom. The van der Waals surface area contributed by atoms with Crippen molar-refractivity contribution >= 4 is 23.5 Å². The van der Waals surface area contributed by atoms with E-state index in [1.54, 1.807) is 0 Å². The summed E-state index contributed by atoms with van der Waals surface area (Å²) in [7, 11) is -14.1. The third-order valence-electron chi connectivity index (χ3n) is 10.5. The van der Waals surface area contributed by atoms with Gasteiger partial charge in [-0.25, -0.2) is 13.7 Å². The second-order valence-electron chi connectivity index (χ2n) is 15.1. The summed E-state index contributed by atoms with van der Waals surface area (Å²) in [6, 6.07) is 0. The number of rotatable bonds is 39. The van der Waals surface area contributed by atoms with Crippen molar-refractivity contribution in [3.05, 3.63) is 0 Å². The summed E-state index contributed by atoms with van der Waals surface area (Å²) < 4.78 is 86.2. The molecule has 0 spiro atoms. The summed E-state index contributed by atoms with van der Waals surface area (Å²) >= 11 is 0. The Balaban J connectivity index is 6.88. The van der Waals surface area contributed by atoms with Gasteiger partial charge in [0.1, 0.15) is 0 Å². The Labute approximate surface area is 327 Å². The van der Waals surface area contributed by atoms with E-state index in [0.717, 1.165) is 128 Å². The van der Waals surface area contributed by atoms with E-state index < -0.39 is 23.5 Å². The Morgan fingerprint density at radius 3 is 0.679 bits per heavy atom. The molecule has 5 unspecified atom stereocenters. The summed E-state index contributed by atoms with van der Waals surface area (Å²) in [6.07, 6.45) is 18.4. The minimum atomic E-state index is -4.95. The Morgan fingerprint density at radius 1 is 0.321 bits per heavy atom. The van der Waals surface area contributed by atoms with Crippen LogP contribution < -0.4 is 0 Å². The molecule has 0 aromatic heterocycles. The van der Waals surface area contributed by atoms with Gasteiger partial charge in [-0.05, 0) is 61.7 Å². The van der Waals surface area contributed by atoms with Crippen molar-refractivity contribution in [2.75, 3.05) is 33.0 Å². The van der Waals surface area contributed by atoms with Gasteiger partial charge in [-0.3, -0.25) is 22.6 Å². The van der Waals surface area contributed by atoms with Crippen LogP contribution in [-0.4, -0.2) is 33.0 Å². The van der Waals surface area contributed by atoms with Crippen LogP contribution in [0.5, 0.6) is 0 Å². The van der Waals surface area contributed by atoms with Crippen LogP contribution in [0.4, 0.5) is 0 Å². The molecular formula is C40H85O10P3. The van der Waals surface area contributed by atoms with Gasteiger partial charge in [-0.15, -0.1) is 0 Å². The van der Waals surface area contributed by atoms with Crippen molar-refractivity contribution in [2.24, 2.45) is 29.6 Å². The molecule has 0 radical (unpaired) electrons. The number of unbranched alkanes of at least 4 members (excludes halogenated alkanes) is 5. The average Bonchev–Trinajstić information content (AvgIpc) is 3.15. The maximum atomic E-state index is 15.0. The van der Waals surface area contributed by atoms with Gasteiger partial charge in [-0.2, -0.15) is 8.62 Å². The largest absolute Gasteiger partial charge is 0.492 e. The van der Waals surface area contributed by atoms with Crippen LogP contribution in [0.2, 0.25) is 0 Å². The normalized spacial score (nSPS) is 18.5. The first kappa shape index (κ1) is 53.4. The van der Waals surface area contributed by atoms with Crippen LogP contribution in [0.25, 0.3) is 0 Å². The topological polar surface area (TPSA) is 116 Å². The zero-order valence-corrected chi connectivity index (χ0v) is 38.7. The highest BCUT2D eigenvalue weighted by atomic mass is 31.3. The predicted octanol–water partition coefficient (Wildman–Crippen LogP) is 15.5. The van der Waals surface area contributed by atoms with E-state index in [-0.39, 0.29) is 62.6 Å². The number of phosphoric acid groups is 3. The van der Waals surface area contributed by atoms with Gasteiger partial charge in [0.25, 0.3) is 0 Å². The molecule has 0 N–H and O–H groups in total. The average molecular weight is 819 g/mol. The molecule has 0 aliphatic heterocycles. The summed E-state index contributed by atoms with van der Waals surface area (Å²) in [6.45, 7) is 21.2. The van der Waals surface area contributed by atoms with Crippen LogP contribution >= 0.6 is 23.5 Å². The second-order valence-corrected chi connectivity index (χ2v) is 20.3. The minimum absolute atomic E-state index is 0.0158. The van der Waals surface area contributed by atoms with Gasteiger partial charge in [0.15, 0.2) is 0 Å². The van der Waals surface area contributed by atoms with Crippen LogP contribution in [0, 0.1) is 29.6 Å². The Bertz CT molecular complexity index is 888. The first-order chi connectivity index (χ1) is 25.4. The first-order valence-corrected chi connectivity index (χ1v) is 26.2. The summed E-state index contributed by atoms with van der Waals surface area (Å²) in [5, 5.41) is 0. The number of hydrogen-bond donors (Lipinski definition) is 0. The molecule has 0 bridgehead atoms. The lowest BCUT2D eigenvalue weighted by Gasteiger charge is -2.29. The van der Waals surface area contributed by atoms with Crippen LogP contribution in [0.15, 0.2) is 0 Å². The lowest BCUT2D eigenvalue weighted by atomic mass is 10.0.